The molecule has 0 aliphatic heterocycles. The van der Waals surface area contributed by atoms with E-state index in [1.165, 1.54) is 29.2 Å². The molecule has 11 heteroatoms. The molecule has 38 heavy (non-hydrogen) atoms. The molecule has 2 amide bonds. The molecule has 2 heterocycles. The fourth-order valence-electron chi connectivity index (χ4n) is 4.67. The Hall–Kier alpha value is -4.67. The van der Waals surface area contributed by atoms with Crippen molar-refractivity contribution in [1.29, 1.82) is 0 Å². The molecule has 1 saturated carbocycles. The van der Waals surface area contributed by atoms with Gasteiger partial charge in [0.1, 0.15) is 29.8 Å². The number of carbonyl (C=O) groups is 2. The largest absolute Gasteiger partial charge is 0.508 e. The van der Waals surface area contributed by atoms with Crippen molar-refractivity contribution in [1.82, 2.24) is 25.5 Å². The van der Waals surface area contributed by atoms with Gasteiger partial charge in [0.15, 0.2) is 5.76 Å². The number of aromatic nitrogens is 4. The van der Waals surface area contributed by atoms with Gasteiger partial charge in [0, 0.05) is 17.8 Å². The second-order valence-electron chi connectivity index (χ2n) is 9.32. The Morgan fingerprint density at radius 3 is 2.53 bits per heavy atom. The zero-order valence-electron chi connectivity index (χ0n) is 20.8. The summed E-state index contributed by atoms with van der Waals surface area (Å²) >= 11 is 0. The SMILES string of the molecule is Cc1ccc(-c2nnn(CC(=O)N(c3cccc(O)c3)[C@H](C(=O)NC3CCCC3)c3ccc(O)cc3)n2)o1. The minimum absolute atomic E-state index is 0.0135. The summed E-state index contributed by atoms with van der Waals surface area (Å²) in [5.41, 5.74) is 0.810. The number of nitrogens with one attached hydrogen (secondary N) is 1. The maximum Gasteiger partial charge on any atom is 0.251 e. The maximum atomic E-state index is 13.9. The summed E-state index contributed by atoms with van der Waals surface area (Å²) in [5, 5.41) is 35.4. The lowest BCUT2D eigenvalue weighted by molar-refractivity contribution is -0.127. The molecular formula is C27H28N6O5. The number of tetrazole rings is 1. The molecule has 0 spiro atoms. The van der Waals surface area contributed by atoms with E-state index in [2.05, 4.69) is 20.7 Å². The zero-order valence-corrected chi connectivity index (χ0v) is 20.8. The molecule has 0 bridgehead atoms. The van der Waals surface area contributed by atoms with Gasteiger partial charge in [-0.05, 0) is 66.9 Å². The van der Waals surface area contributed by atoms with Crippen LogP contribution in [0.25, 0.3) is 11.6 Å². The first-order chi connectivity index (χ1) is 18.4. The number of anilines is 1. The number of hydrogen-bond donors (Lipinski definition) is 3. The van der Waals surface area contributed by atoms with Gasteiger partial charge in [-0.15, -0.1) is 10.2 Å². The Kier molecular flexibility index (Phi) is 7.07. The number of aryl methyl sites for hydroxylation is 1. The van der Waals surface area contributed by atoms with Crippen LogP contribution in [0.3, 0.4) is 0 Å². The van der Waals surface area contributed by atoms with Crippen molar-refractivity contribution >= 4 is 17.5 Å². The minimum Gasteiger partial charge on any atom is -0.508 e. The normalized spacial score (nSPS) is 14.3. The molecule has 3 N–H and O–H groups in total. The Morgan fingerprint density at radius 2 is 1.84 bits per heavy atom. The first-order valence-corrected chi connectivity index (χ1v) is 12.4. The highest BCUT2D eigenvalue weighted by atomic mass is 16.3. The molecule has 0 saturated heterocycles. The molecule has 2 aromatic heterocycles. The Labute approximate surface area is 218 Å². The standard InChI is InChI=1S/C27H28N6O5/c1-17-9-14-23(38-17)26-29-31-32(30-26)16-24(36)33(20-7-4-8-22(35)15-20)25(18-10-12-21(34)13-11-18)27(37)28-19-5-2-3-6-19/h4,7-15,19,25,34-35H,2-3,5-6,16H2,1H3,(H,28,37)/t25-/m0/s1. The molecule has 4 aromatic rings. The maximum absolute atomic E-state index is 13.9. The minimum atomic E-state index is -1.08. The second kappa shape index (κ2) is 10.8. The molecule has 1 aliphatic carbocycles. The van der Waals surface area contributed by atoms with E-state index in [-0.39, 0.29) is 35.8 Å². The summed E-state index contributed by atoms with van der Waals surface area (Å²) in [5.74, 6) is 0.439. The van der Waals surface area contributed by atoms with Gasteiger partial charge < -0.3 is 19.9 Å². The number of furan rings is 1. The van der Waals surface area contributed by atoms with Gasteiger partial charge in [-0.2, -0.15) is 4.80 Å². The van der Waals surface area contributed by atoms with Crippen LogP contribution in [0.2, 0.25) is 0 Å². The van der Waals surface area contributed by atoms with Gasteiger partial charge in [-0.1, -0.05) is 31.0 Å². The van der Waals surface area contributed by atoms with Crippen LogP contribution in [-0.4, -0.2) is 48.3 Å². The number of aromatic hydroxyl groups is 2. The summed E-state index contributed by atoms with van der Waals surface area (Å²) in [7, 11) is 0. The van der Waals surface area contributed by atoms with E-state index < -0.39 is 11.9 Å². The molecule has 0 unspecified atom stereocenters. The predicted molar refractivity (Wildman–Crippen MR) is 137 cm³/mol. The molecule has 5 rings (SSSR count). The Bertz CT molecular complexity index is 1420. The summed E-state index contributed by atoms with van der Waals surface area (Å²) in [4.78, 5) is 30.0. The van der Waals surface area contributed by atoms with E-state index in [0.29, 0.717) is 22.8 Å². The molecule has 1 fully saturated rings. The molecule has 196 valence electrons. The molecule has 0 radical (unpaired) electrons. The summed E-state index contributed by atoms with van der Waals surface area (Å²) in [6, 6.07) is 14.7. The smallest absolute Gasteiger partial charge is 0.251 e. The van der Waals surface area contributed by atoms with Crippen LogP contribution in [-0.2, 0) is 16.1 Å². The molecular weight excluding hydrogens is 488 g/mol. The quantitative estimate of drug-likeness (QED) is 0.323. The van der Waals surface area contributed by atoms with E-state index in [1.807, 2.05) is 0 Å². The molecule has 2 aromatic carbocycles. The van der Waals surface area contributed by atoms with Gasteiger partial charge in [0.05, 0.1) is 0 Å². The zero-order chi connectivity index (χ0) is 26.6. The van der Waals surface area contributed by atoms with Crippen molar-refractivity contribution < 1.29 is 24.2 Å². The number of phenolic OH excluding ortho intramolecular Hbond substituents is 2. The lowest BCUT2D eigenvalue weighted by Crippen LogP contribution is -2.47. The van der Waals surface area contributed by atoms with E-state index in [4.69, 9.17) is 4.42 Å². The highest BCUT2D eigenvalue weighted by molar-refractivity contribution is 6.01. The lowest BCUT2D eigenvalue weighted by atomic mass is 10.0. The van der Waals surface area contributed by atoms with Crippen molar-refractivity contribution in [2.75, 3.05) is 4.90 Å². The van der Waals surface area contributed by atoms with Gasteiger partial charge >= 0.3 is 0 Å². The second-order valence-corrected chi connectivity index (χ2v) is 9.32. The first-order valence-electron chi connectivity index (χ1n) is 12.4. The van der Waals surface area contributed by atoms with E-state index in [0.717, 1.165) is 30.5 Å². The third kappa shape index (κ3) is 5.51. The van der Waals surface area contributed by atoms with Gasteiger partial charge in [-0.25, -0.2) is 0 Å². The van der Waals surface area contributed by atoms with Gasteiger partial charge in [0.2, 0.25) is 11.7 Å². The average molecular weight is 517 g/mol. The molecule has 1 aliphatic rings. The van der Waals surface area contributed by atoms with Crippen molar-refractivity contribution in [2.45, 2.75) is 51.2 Å². The van der Waals surface area contributed by atoms with Crippen LogP contribution in [0.15, 0.2) is 65.1 Å². The Balaban J connectivity index is 1.51. The van der Waals surface area contributed by atoms with Crippen LogP contribution < -0.4 is 10.2 Å². The van der Waals surface area contributed by atoms with Crippen molar-refractivity contribution in [3.8, 4) is 23.1 Å². The van der Waals surface area contributed by atoms with Gasteiger partial charge in [-0.3, -0.25) is 14.5 Å². The lowest BCUT2D eigenvalue weighted by Gasteiger charge is -2.32. The topological polar surface area (TPSA) is 147 Å². The Morgan fingerprint density at radius 1 is 1.08 bits per heavy atom. The van der Waals surface area contributed by atoms with Crippen LogP contribution in [0.1, 0.15) is 43.0 Å². The highest BCUT2D eigenvalue weighted by Gasteiger charge is 2.35. The predicted octanol–water partition coefficient (Wildman–Crippen LogP) is 3.49. The van der Waals surface area contributed by atoms with Crippen LogP contribution in [0, 0.1) is 6.92 Å². The van der Waals surface area contributed by atoms with Crippen LogP contribution in [0.5, 0.6) is 11.5 Å². The number of benzene rings is 2. The number of nitrogens with zero attached hydrogens (tertiary/aromatic N) is 5. The van der Waals surface area contributed by atoms with Crippen molar-refractivity contribution in [3.63, 3.8) is 0 Å². The van der Waals surface area contributed by atoms with Gasteiger partial charge in [0.25, 0.3) is 5.91 Å². The number of phenols is 2. The highest BCUT2D eigenvalue weighted by Crippen LogP contribution is 2.32. The summed E-state index contributed by atoms with van der Waals surface area (Å²) < 4.78 is 5.54. The fourth-order valence-corrected chi connectivity index (χ4v) is 4.67. The molecule has 11 nitrogen and oxygen atoms in total. The average Bonchev–Trinajstić information content (AvgIpc) is 3.66. The number of hydrogen-bond acceptors (Lipinski definition) is 8. The van der Waals surface area contributed by atoms with Crippen LogP contribution in [0.4, 0.5) is 5.69 Å². The van der Waals surface area contributed by atoms with E-state index >= 15 is 0 Å². The fraction of sp³-hybridized carbons (Fsp3) is 0.296. The first kappa shape index (κ1) is 25.0. The molecule has 1 atom stereocenters. The number of amides is 2. The summed E-state index contributed by atoms with van der Waals surface area (Å²) in [6.07, 6.45) is 3.79. The third-order valence-corrected chi connectivity index (χ3v) is 6.48. The third-order valence-electron chi connectivity index (χ3n) is 6.48. The van der Waals surface area contributed by atoms with E-state index in [1.54, 1.807) is 43.3 Å². The van der Waals surface area contributed by atoms with E-state index in [9.17, 15) is 19.8 Å². The number of rotatable bonds is 8. The summed E-state index contributed by atoms with van der Waals surface area (Å²) in [6.45, 7) is 1.47. The van der Waals surface area contributed by atoms with Crippen molar-refractivity contribution in [3.05, 3.63) is 72.0 Å². The number of carbonyl (C=O) groups excluding carboxylic acids is 2. The van der Waals surface area contributed by atoms with Crippen LogP contribution >= 0.6 is 0 Å². The van der Waals surface area contributed by atoms with Crippen molar-refractivity contribution in [2.24, 2.45) is 0 Å². The monoisotopic (exact) mass is 516 g/mol.